The quantitative estimate of drug-likeness (QED) is 0.671. The topological polar surface area (TPSA) is 84.4 Å². The Morgan fingerprint density at radius 3 is 3.14 bits per heavy atom. The fourth-order valence-corrected chi connectivity index (χ4v) is 3.36. The van der Waals surface area contributed by atoms with Crippen molar-refractivity contribution in [3.05, 3.63) is 28.3 Å². The van der Waals surface area contributed by atoms with E-state index in [1.54, 1.807) is 6.07 Å². The first-order valence-corrected chi connectivity index (χ1v) is 7.24. The summed E-state index contributed by atoms with van der Waals surface area (Å²) in [6.07, 6.45) is 2.45. The second-order valence-corrected chi connectivity index (χ2v) is 5.77. The molecule has 0 aliphatic carbocycles. The number of hydrogen-bond donors (Lipinski definition) is 1. The average molecular weight is 288 g/mol. The molecule has 0 radical (unpaired) electrons. The monoisotopic (exact) mass is 288 g/mol. The molecule has 0 amide bonds. The molecule has 1 aromatic carbocycles. The summed E-state index contributed by atoms with van der Waals surface area (Å²) < 4.78 is 5.76. The van der Waals surface area contributed by atoms with Crippen molar-refractivity contribution in [2.24, 2.45) is 5.92 Å². The summed E-state index contributed by atoms with van der Waals surface area (Å²) in [6, 6.07) is 5.60. The molecule has 2 aliphatic heterocycles. The summed E-state index contributed by atoms with van der Waals surface area (Å²) >= 11 is 0. The van der Waals surface area contributed by atoms with Gasteiger partial charge in [-0.15, -0.1) is 0 Å². The Morgan fingerprint density at radius 2 is 2.33 bits per heavy atom. The number of rotatable bonds is 2. The van der Waals surface area contributed by atoms with Crippen molar-refractivity contribution in [3.63, 3.8) is 0 Å². The highest BCUT2D eigenvalue weighted by molar-refractivity contribution is 5.77. The lowest BCUT2D eigenvalue weighted by molar-refractivity contribution is -0.384. The highest BCUT2D eigenvalue weighted by Gasteiger charge is 2.36. The van der Waals surface area contributed by atoms with Crippen molar-refractivity contribution < 1.29 is 9.34 Å². The molecule has 2 aromatic rings. The molecule has 4 rings (SSSR count). The molecule has 0 saturated carbocycles. The second kappa shape index (κ2) is 4.70. The Bertz CT molecular complexity index is 685. The summed E-state index contributed by atoms with van der Waals surface area (Å²) in [5, 5.41) is 14.3. The number of aromatic nitrogens is 1. The summed E-state index contributed by atoms with van der Waals surface area (Å²) in [5.74, 6) is 0.642. The minimum atomic E-state index is -0.415. The van der Waals surface area contributed by atoms with Gasteiger partial charge in [-0.3, -0.25) is 10.1 Å². The molecular weight excluding hydrogens is 272 g/mol. The Morgan fingerprint density at radius 1 is 1.43 bits per heavy atom. The van der Waals surface area contributed by atoms with Gasteiger partial charge in [0, 0.05) is 31.3 Å². The van der Waals surface area contributed by atoms with Gasteiger partial charge in [0.05, 0.1) is 4.92 Å². The molecule has 0 bridgehead atoms. The lowest BCUT2D eigenvalue weighted by Crippen LogP contribution is -2.40. The number of nitro groups is 1. The number of hydrogen-bond acceptors (Lipinski definition) is 6. The molecule has 2 atom stereocenters. The SMILES string of the molecule is O=[N+]([O-])c1ccc2oc(N3C[C@@H]4CCCN[C@@H]4C3)nc2c1. The van der Waals surface area contributed by atoms with E-state index in [1.165, 1.54) is 25.0 Å². The number of fused-ring (bicyclic) bond motifs is 2. The van der Waals surface area contributed by atoms with E-state index in [0.29, 0.717) is 29.1 Å². The number of nitrogens with zero attached hydrogens (tertiary/aromatic N) is 3. The Labute approximate surface area is 121 Å². The van der Waals surface area contributed by atoms with Crippen LogP contribution in [0.4, 0.5) is 11.7 Å². The third-order valence-electron chi connectivity index (χ3n) is 4.44. The first-order valence-electron chi connectivity index (χ1n) is 7.24. The number of oxazole rings is 1. The maximum Gasteiger partial charge on any atom is 0.298 e. The fraction of sp³-hybridized carbons (Fsp3) is 0.500. The molecule has 1 aromatic heterocycles. The molecule has 1 N–H and O–H groups in total. The van der Waals surface area contributed by atoms with E-state index in [9.17, 15) is 10.1 Å². The third kappa shape index (κ3) is 2.13. The van der Waals surface area contributed by atoms with Gasteiger partial charge >= 0.3 is 0 Å². The molecule has 7 nitrogen and oxygen atoms in total. The predicted molar refractivity (Wildman–Crippen MR) is 77.4 cm³/mol. The van der Waals surface area contributed by atoms with Crippen molar-refractivity contribution in [2.75, 3.05) is 24.5 Å². The number of nitrogens with one attached hydrogen (secondary N) is 1. The van der Waals surface area contributed by atoms with Crippen LogP contribution in [-0.4, -0.2) is 35.6 Å². The van der Waals surface area contributed by atoms with Crippen molar-refractivity contribution in [1.82, 2.24) is 10.3 Å². The van der Waals surface area contributed by atoms with Crippen LogP contribution >= 0.6 is 0 Å². The minimum Gasteiger partial charge on any atom is -0.423 e. The molecule has 2 fully saturated rings. The summed E-state index contributed by atoms with van der Waals surface area (Å²) in [5.41, 5.74) is 1.18. The van der Waals surface area contributed by atoms with Gasteiger partial charge in [-0.1, -0.05) is 0 Å². The van der Waals surface area contributed by atoms with E-state index in [1.807, 2.05) is 0 Å². The maximum absolute atomic E-state index is 10.8. The minimum absolute atomic E-state index is 0.0408. The average Bonchev–Trinajstić information content (AvgIpc) is 3.09. The van der Waals surface area contributed by atoms with Gasteiger partial charge in [0.15, 0.2) is 5.58 Å². The third-order valence-corrected chi connectivity index (χ3v) is 4.44. The molecule has 21 heavy (non-hydrogen) atoms. The van der Waals surface area contributed by atoms with Gasteiger partial charge in [0.2, 0.25) is 0 Å². The van der Waals surface area contributed by atoms with Crippen LogP contribution in [-0.2, 0) is 0 Å². The van der Waals surface area contributed by atoms with Gasteiger partial charge in [-0.05, 0) is 31.4 Å². The molecule has 0 unspecified atom stereocenters. The van der Waals surface area contributed by atoms with Crippen molar-refractivity contribution in [2.45, 2.75) is 18.9 Å². The van der Waals surface area contributed by atoms with E-state index in [2.05, 4.69) is 15.2 Å². The normalized spacial score (nSPS) is 25.2. The van der Waals surface area contributed by atoms with Crippen LogP contribution in [0.25, 0.3) is 11.1 Å². The van der Waals surface area contributed by atoms with Crippen LogP contribution in [0.15, 0.2) is 22.6 Å². The zero-order valence-corrected chi connectivity index (χ0v) is 11.5. The highest BCUT2D eigenvalue weighted by atomic mass is 16.6. The standard InChI is InChI=1S/C14H16N4O3/c19-18(20)10-3-4-13-11(6-10)16-14(21-13)17-7-9-2-1-5-15-12(9)8-17/h3-4,6,9,12,15H,1-2,5,7-8H2/t9-,12+/m0/s1. The number of non-ortho nitro benzene ring substituents is 1. The maximum atomic E-state index is 10.8. The summed E-state index contributed by atoms with van der Waals surface area (Å²) in [6.45, 7) is 2.90. The first-order chi connectivity index (χ1) is 10.2. The van der Waals surface area contributed by atoms with E-state index < -0.39 is 4.92 Å². The number of anilines is 1. The first kappa shape index (κ1) is 12.6. The molecule has 2 aliphatic rings. The van der Waals surface area contributed by atoms with Crippen molar-refractivity contribution >= 4 is 22.8 Å². The van der Waals surface area contributed by atoms with E-state index >= 15 is 0 Å². The van der Waals surface area contributed by atoms with Crippen LogP contribution in [0.2, 0.25) is 0 Å². The van der Waals surface area contributed by atoms with E-state index in [0.717, 1.165) is 19.6 Å². The largest absolute Gasteiger partial charge is 0.423 e. The Hall–Kier alpha value is -2.15. The summed E-state index contributed by atoms with van der Waals surface area (Å²) in [4.78, 5) is 17.0. The highest BCUT2D eigenvalue weighted by Crippen LogP contribution is 2.31. The van der Waals surface area contributed by atoms with Gasteiger partial charge < -0.3 is 14.6 Å². The van der Waals surface area contributed by atoms with Gasteiger partial charge in [0.25, 0.3) is 11.7 Å². The zero-order chi connectivity index (χ0) is 14.4. The number of piperidine rings is 1. The van der Waals surface area contributed by atoms with E-state index in [4.69, 9.17) is 4.42 Å². The lowest BCUT2D eigenvalue weighted by atomic mass is 9.94. The number of nitro benzene ring substituents is 1. The molecule has 3 heterocycles. The second-order valence-electron chi connectivity index (χ2n) is 5.77. The van der Waals surface area contributed by atoms with Crippen LogP contribution < -0.4 is 10.2 Å². The molecule has 7 heteroatoms. The number of benzene rings is 1. The van der Waals surface area contributed by atoms with Crippen LogP contribution in [0.3, 0.4) is 0 Å². The smallest absolute Gasteiger partial charge is 0.298 e. The molecular formula is C14H16N4O3. The van der Waals surface area contributed by atoms with Crippen LogP contribution in [0.1, 0.15) is 12.8 Å². The van der Waals surface area contributed by atoms with Crippen molar-refractivity contribution in [1.29, 1.82) is 0 Å². The summed E-state index contributed by atoms with van der Waals surface area (Å²) in [7, 11) is 0. The molecule has 2 saturated heterocycles. The fourth-order valence-electron chi connectivity index (χ4n) is 3.36. The van der Waals surface area contributed by atoms with Crippen LogP contribution in [0, 0.1) is 16.0 Å². The zero-order valence-electron chi connectivity index (χ0n) is 11.5. The lowest BCUT2D eigenvalue weighted by Gasteiger charge is -2.24. The molecule has 0 spiro atoms. The predicted octanol–water partition coefficient (Wildman–Crippen LogP) is 1.92. The Balaban J connectivity index is 1.63. The molecule has 110 valence electrons. The van der Waals surface area contributed by atoms with Gasteiger partial charge in [0.1, 0.15) is 5.52 Å². The van der Waals surface area contributed by atoms with E-state index in [-0.39, 0.29) is 5.69 Å². The van der Waals surface area contributed by atoms with Crippen LogP contribution in [0.5, 0.6) is 0 Å². The van der Waals surface area contributed by atoms with Gasteiger partial charge in [-0.2, -0.15) is 4.98 Å². The Kier molecular flexibility index (Phi) is 2.81. The van der Waals surface area contributed by atoms with Crippen molar-refractivity contribution in [3.8, 4) is 0 Å². The van der Waals surface area contributed by atoms with Gasteiger partial charge in [-0.25, -0.2) is 0 Å².